The van der Waals surface area contributed by atoms with Gasteiger partial charge in [-0.25, -0.2) is 0 Å². The van der Waals surface area contributed by atoms with Gasteiger partial charge in [-0.1, -0.05) is 26.7 Å². The summed E-state index contributed by atoms with van der Waals surface area (Å²) in [6.07, 6.45) is 4.85. The highest BCUT2D eigenvalue weighted by atomic mass is 16.5. The van der Waals surface area contributed by atoms with Gasteiger partial charge in [0, 0.05) is 6.54 Å². The second kappa shape index (κ2) is 10.7. The molecular formula is C16H27NO2. The van der Waals surface area contributed by atoms with Crippen LogP contribution >= 0.6 is 0 Å². The Balaban J connectivity index is 2.09. The van der Waals surface area contributed by atoms with Crippen LogP contribution in [0.2, 0.25) is 0 Å². The van der Waals surface area contributed by atoms with Crippen molar-refractivity contribution in [3.05, 3.63) is 24.3 Å². The van der Waals surface area contributed by atoms with E-state index in [4.69, 9.17) is 9.47 Å². The average Bonchev–Trinajstić information content (AvgIpc) is 2.45. The molecule has 1 aromatic carbocycles. The van der Waals surface area contributed by atoms with Gasteiger partial charge in [0.25, 0.3) is 0 Å². The van der Waals surface area contributed by atoms with Crippen molar-refractivity contribution >= 4 is 0 Å². The molecule has 0 aliphatic heterocycles. The van der Waals surface area contributed by atoms with Crippen LogP contribution in [-0.4, -0.2) is 26.3 Å². The van der Waals surface area contributed by atoms with E-state index in [1.54, 1.807) is 0 Å². The maximum absolute atomic E-state index is 5.65. The molecule has 0 bridgehead atoms. The number of nitrogens with one attached hydrogen (secondary N) is 1. The van der Waals surface area contributed by atoms with Crippen LogP contribution in [0.5, 0.6) is 11.5 Å². The second-order valence-corrected chi connectivity index (χ2v) is 4.63. The van der Waals surface area contributed by atoms with E-state index in [1.807, 2.05) is 24.3 Å². The third-order valence-corrected chi connectivity index (χ3v) is 2.80. The van der Waals surface area contributed by atoms with Crippen LogP contribution in [0.3, 0.4) is 0 Å². The average molecular weight is 265 g/mol. The van der Waals surface area contributed by atoms with Crippen LogP contribution in [0.1, 0.15) is 39.5 Å². The van der Waals surface area contributed by atoms with Crippen molar-refractivity contribution in [2.24, 2.45) is 0 Å². The quantitative estimate of drug-likeness (QED) is 0.620. The van der Waals surface area contributed by atoms with Gasteiger partial charge in [-0.05, 0) is 43.7 Å². The minimum Gasteiger partial charge on any atom is -0.494 e. The van der Waals surface area contributed by atoms with Gasteiger partial charge in [0.2, 0.25) is 0 Å². The van der Waals surface area contributed by atoms with Crippen molar-refractivity contribution in [3.63, 3.8) is 0 Å². The molecule has 0 fully saturated rings. The van der Waals surface area contributed by atoms with Crippen molar-refractivity contribution in [2.75, 3.05) is 26.3 Å². The summed E-state index contributed by atoms with van der Waals surface area (Å²) in [6.45, 7) is 7.78. The van der Waals surface area contributed by atoms with Crippen LogP contribution < -0.4 is 14.8 Å². The molecule has 0 amide bonds. The molecule has 0 unspecified atom stereocenters. The molecule has 3 nitrogen and oxygen atoms in total. The first-order valence-electron chi connectivity index (χ1n) is 7.43. The smallest absolute Gasteiger partial charge is 0.119 e. The molecule has 1 rings (SSSR count). The fraction of sp³-hybridized carbons (Fsp3) is 0.625. The van der Waals surface area contributed by atoms with Crippen molar-refractivity contribution < 1.29 is 9.47 Å². The van der Waals surface area contributed by atoms with Crippen LogP contribution in [0.4, 0.5) is 0 Å². The SMILES string of the molecule is CCCCCNCCOc1ccc(OCCC)cc1. The molecule has 0 spiro atoms. The van der Waals surface area contributed by atoms with Crippen molar-refractivity contribution in [1.82, 2.24) is 5.32 Å². The van der Waals surface area contributed by atoms with Gasteiger partial charge in [0.05, 0.1) is 6.61 Å². The molecule has 0 saturated carbocycles. The Bertz CT molecular complexity index is 311. The molecule has 0 aliphatic carbocycles. The Morgan fingerprint density at radius 1 is 0.789 bits per heavy atom. The van der Waals surface area contributed by atoms with Crippen LogP contribution in [0.25, 0.3) is 0 Å². The third-order valence-electron chi connectivity index (χ3n) is 2.80. The maximum atomic E-state index is 5.65. The molecule has 3 heteroatoms. The van der Waals surface area contributed by atoms with Crippen molar-refractivity contribution in [3.8, 4) is 11.5 Å². The Morgan fingerprint density at radius 3 is 2.00 bits per heavy atom. The van der Waals surface area contributed by atoms with Gasteiger partial charge in [-0.2, -0.15) is 0 Å². The highest BCUT2D eigenvalue weighted by Crippen LogP contribution is 2.17. The van der Waals surface area contributed by atoms with Crippen molar-refractivity contribution in [2.45, 2.75) is 39.5 Å². The summed E-state index contributed by atoms with van der Waals surface area (Å²) in [5.74, 6) is 1.81. The Kier molecular flexibility index (Phi) is 8.90. The minimum atomic E-state index is 0.710. The predicted molar refractivity (Wildman–Crippen MR) is 80.1 cm³/mol. The van der Waals surface area contributed by atoms with E-state index < -0.39 is 0 Å². The van der Waals surface area contributed by atoms with E-state index >= 15 is 0 Å². The molecule has 19 heavy (non-hydrogen) atoms. The van der Waals surface area contributed by atoms with Crippen LogP contribution in [0.15, 0.2) is 24.3 Å². The zero-order valence-electron chi connectivity index (χ0n) is 12.3. The lowest BCUT2D eigenvalue weighted by molar-refractivity contribution is 0.307. The van der Waals surface area contributed by atoms with E-state index in [-0.39, 0.29) is 0 Å². The van der Waals surface area contributed by atoms with Gasteiger partial charge in [0.15, 0.2) is 0 Å². The molecule has 0 aliphatic rings. The molecule has 1 N–H and O–H groups in total. The van der Waals surface area contributed by atoms with E-state index in [9.17, 15) is 0 Å². The number of rotatable bonds is 11. The third kappa shape index (κ3) is 7.73. The van der Waals surface area contributed by atoms with E-state index in [0.29, 0.717) is 6.61 Å². The summed E-state index contributed by atoms with van der Waals surface area (Å²) in [4.78, 5) is 0. The van der Waals surface area contributed by atoms with Gasteiger partial charge in [-0.15, -0.1) is 0 Å². The fourth-order valence-electron chi connectivity index (χ4n) is 1.72. The first-order valence-corrected chi connectivity index (χ1v) is 7.43. The van der Waals surface area contributed by atoms with Gasteiger partial charge >= 0.3 is 0 Å². The molecule has 0 heterocycles. The zero-order chi connectivity index (χ0) is 13.8. The highest BCUT2D eigenvalue weighted by molar-refractivity contribution is 5.31. The maximum Gasteiger partial charge on any atom is 0.119 e. The number of hydrogen-bond acceptors (Lipinski definition) is 3. The minimum absolute atomic E-state index is 0.710. The topological polar surface area (TPSA) is 30.5 Å². The van der Waals surface area contributed by atoms with E-state index in [2.05, 4.69) is 19.2 Å². The normalized spacial score (nSPS) is 10.4. The predicted octanol–water partition coefficient (Wildman–Crippen LogP) is 3.63. The van der Waals surface area contributed by atoms with Gasteiger partial charge in [-0.3, -0.25) is 0 Å². The zero-order valence-corrected chi connectivity index (χ0v) is 12.3. The molecule has 108 valence electrons. The fourth-order valence-corrected chi connectivity index (χ4v) is 1.72. The molecule has 1 aromatic rings. The standard InChI is InChI=1S/C16H27NO2/c1-3-5-6-11-17-12-14-19-16-9-7-15(8-10-16)18-13-4-2/h7-10,17H,3-6,11-14H2,1-2H3. The Hall–Kier alpha value is -1.22. The Labute approximate surface area is 117 Å². The van der Waals surface area contributed by atoms with Crippen LogP contribution in [-0.2, 0) is 0 Å². The summed E-state index contributed by atoms with van der Waals surface area (Å²) in [5.41, 5.74) is 0. The van der Waals surface area contributed by atoms with Gasteiger partial charge < -0.3 is 14.8 Å². The van der Waals surface area contributed by atoms with Crippen molar-refractivity contribution in [1.29, 1.82) is 0 Å². The highest BCUT2D eigenvalue weighted by Gasteiger charge is 1.96. The molecule has 0 aromatic heterocycles. The van der Waals surface area contributed by atoms with Crippen LogP contribution in [0, 0.1) is 0 Å². The number of benzene rings is 1. The van der Waals surface area contributed by atoms with E-state index in [1.165, 1.54) is 19.3 Å². The lowest BCUT2D eigenvalue weighted by Gasteiger charge is -2.09. The molecule has 0 atom stereocenters. The number of unbranched alkanes of at least 4 members (excludes halogenated alkanes) is 2. The summed E-state index contributed by atoms with van der Waals surface area (Å²) >= 11 is 0. The first kappa shape index (κ1) is 15.8. The Morgan fingerprint density at radius 2 is 1.42 bits per heavy atom. The molecule has 0 saturated heterocycles. The molecule has 0 radical (unpaired) electrons. The number of ether oxygens (including phenoxy) is 2. The number of hydrogen-bond donors (Lipinski definition) is 1. The lowest BCUT2D eigenvalue weighted by atomic mass is 10.2. The summed E-state index contributed by atoms with van der Waals surface area (Å²) in [5, 5.41) is 3.38. The molecular weight excluding hydrogens is 238 g/mol. The summed E-state index contributed by atoms with van der Waals surface area (Å²) in [7, 11) is 0. The second-order valence-electron chi connectivity index (χ2n) is 4.63. The summed E-state index contributed by atoms with van der Waals surface area (Å²) in [6, 6.07) is 7.84. The monoisotopic (exact) mass is 265 g/mol. The largest absolute Gasteiger partial charge is 0.494 e. The van der Waals surface area contributed by atoms with E-state index in [0.717, 1.165) is 37.6 Å². The summed E-state index contributed by atoms with van der Waals surface area (Å²) < 4.78 is 11.2. The lowest BCUT2D eigenvalue weighted by Crippen LogP contribution is -2.22. The van der Waals surface area contributed by atoms with Gasteiger partial charge in [0.1, 0.15) is 18.1 Å². The first-order chi connectivity index (χ1) is 9.36.